The Morgan fingerprint density at radius 2 is 1.90 bits per heavy atom. The number of nitrogens with two attached hydrogens (primary N) is 1. The van der Waals surface area contributed by atoms with E-state index in [0.29, 0.717) is 6.42 Å². The molecule has 0 saturated heterocycles. The third-order valence-electron chi connectivity index (χ3n) is 3.20. The van der Waals surface area contributed by atoms with Crippen molar-refractivity contribution in [3.63, 3.8) is 0 Å². The van der Waals surface area contributed by atoms with Gasteiger partial charge in [0.2, 0.25) is 0 Å². The molecule has 0 heterocycles. The number of hydrogen-bond acceptors (Lipinski definition) is 4. The highest BCUT2D eigenvalue weighted by atomic mass is 16.6. The van der Waals surface area contributed by atoms with Crippen LogP contribution in [0.1, 0.15) is 38.7 Å². The van der Waals surface area contributed by atoms with Gasteiger partial charge in [-0.3, -0.25) is 10.1 Å². The number of carbonyl (C=O) groups excluding carboxylic acids is 1. The minimum Gasteiger partial charge on any atom is -0.450 e. The summed E-state index contributed by atoms with van der Waals surface area (Å²) in [6, 6.07) is 6.47. The van der Waals surface area contributed by atoms with Crippen molar-refractivity contribution in [2.24, 2.45) is 11.1 Å². The van der Waals surface area contributed by atoms with E-state index in [1.54, 1.807) is 12.1 Å². The molecule has 0 spiro atoms. The van der Waals surface area contributed by atoms with Crippen LogP contribution >= 0.6 is 0 Å². The third-order valence-corrected chi connectivity index (χ3v) is 3.20. The molecule has 6 nitrogen and oxygen atoms in total. The highest BCUT2D eigenvalue weighted by Crippen LogP contribution is 2.38. The summed E-state index contributed by atoms with van der Waals surface area (Å²) in [5.74, 6) is 0.114. The number of nitro groups is 1. The number of non-ortho nitro benzene ring substituents is 1. The molecule has 1 aromatic carbocycles. The van der Waals surface area contributed by atoms with Crippen molar-refractivity contribution in [1.82, 2.24) is 0 Å². The highest BCUT2D eigenvalue weighted by Gasteiger charge is 2.26. The van der Waals surface area contributed by atoms with Gasteiger partial charge in [0.15, 0.2) is 0 Å². The average molecular weight is 280 g/mol. The van der Waals surface area contributed by atoms with E-state index >= 15 is 0 Å². The largest absolute Gasteiger partial charge is 0.450 e. The van der Waals surface area contributed by atoms with Crippen LogP contribution in [0.5, 0.6) is 0 Å². The molecule has 0 aliphatic rings. The second-order valence-electron chi connectivity index (χ2n) is 5.72. The Hall–Kier alpha value is -2.11. The zero-order chi connectivity index (χ0) is 15.3. The Morgan fingerprint density at radius 3 is 2.30 bits per heavy atom. The summed E-state index contributed by atoms with van der Waals surface area (Å²) in [6.07, 6.45) is -0.175. The third kappa shape index (κ3) is 4.53. The molecular formula is C14H20N2O4. The zero-order valence-corrected chi connectivity index (χ0v) is 12.0. The van der Waals surface area contributed by atoms with Crippen LogP contribution in [0.25, 0.3) is 0 Å². The molecule has 0 fully saturated rings. The predicted molar refractivity (Wildman–Crippen MR) is 75.4 cm³/mol. The standard InChI is InChI=1S/C14H20N2O4/c1-14(2,3)12(8-9-20-13(15)17)10-4-6-11(7-5-10)16(18)19/h4-7,12H,8-9H2,1-3H3,(H2,15,17). The van der Waals surface area contributed by atoms with Gasteiger partial charge in [0.1, 0.15) is 0 Å². The van der Waals surface area contributed by atoms with Crippen molar-refractivity contribution in [2.75, 3.05) is 6.61 Å². The van der Waals surface area contributed by atoms with Crippen LogP contribution in [0.15, 0.2) is 24.3 Å². The van der Waals surface area contributed by atoms with Gasteiger partial charge < -0.3 is 10.5 Å². The maximum Gasteiger partial charge on any atom is 0.404 e. The van der Waals surface area contributed by atoms with Gasteiger partial charge >= 0.3 is 6.09 Å². The second kappa shape index (κ2) is 6.36. The van der Waals surface area contributed by atoms with Crippen molar-refractivity contribution in [3.8, 4) is 0 Å². The Balaban J connectivity index is 2.87. The molecule has 1 rings (SSSR count). The molecule has 0 aromatic heterocycles. The number of primary amides is 1. The predicted octanol–water partition coefficient (Wildman–Crippen LogP) is 3.21. The number of carbonyl (C=O) groups is 1. The summed E-state index contributed by atoms with van der Waals surface area (Å²) in [7, 11) is 0. The van der Waals surface area contributed by atoms with Crippen molar-refractivity contribution in [3.05, 3.63) is 39.9 Å². The minimum absolute atomic E-state index is 0.0584. The van der Waals surface area contributed by atoms with Gasteiger partial charge in [-0.1, -0.05) is 32.9 Å². The molecule has 1 amide bonds. The lowest BCUT2D eigenvalue weighted by Crippen LogP contribution is -2.22. The molecule has 0 radical (unpaired) electrons. The Bertz CT molecular complexity index is 477. The lowest BCUT2D eigenvalue weighted by molar-refractivity contribution is -0.384. The fourth-order valence-corrected chi connectivity index (χ4v) is 2.21. The molecule has 1 atom stereocenters. The highest BCUT2D eigenvalue weighted by molar-refractivity contribution is 5.64. The Kier molecular flexibility index (Phi) is 5.07. The van der Waals surface area contributed by atoms with Gasteiger partial charge in [0.05, 0.1) is 11.5 Å². The number of benzene rings is 1. The summed E-state index contributed by atoms with van der Waals surface area (Å²) < 4.78 is 4.78. The SMILES string of the molecule is CC(C)(C)C(CCOC(N)=O)c1ccc([N+](=O)[O-])cc1. The number of nitrogens with zero attached hydrogens (tertiary/aromatic N) is 1. The lowest BCUT2D eigenvalue weighted by atomic mass is 9.75. The van der Waals surface area contributed by atoms with Gasteiger partial charge in [-0.2, -0.15) is 0 Å². The quantitative estimate of drug-likeness (QED) is 0.661. The summed E-state index contributed by atoms with van der Waals surface area (Å²) in [5.41, 5.74) is 5.93. The molecule has 0 aliphatic heterocycles. The second-order valence-corrected chi connectivity index (χ2v) is 5.72. The van der Waals surface area contributed by atoms with E-state index in [1.807, 2.05) is 0 Å². The molecule has 1 unspecified atom stereocenters. The first-order valence-electron chi connectivity index (χ1n) is 6.38. The van der Waals surface area contributed by atoms with Gasteiger partial charge in [0.25, 0.3) is 5.69 Å². The number of hydrogen-bond donors (Lipinski definition) is 1. The fourth-order valence-electron chi connectivity index (χ4n) is 2.21. The topological polar surface area (TPSA) is 95.5 Å². The van der Waals surface area contributed by atoms with E-state index < -0.39 is 11.0 Å². The molecule has 0 aliphatic carbocycles. The maximum atomic E-state index is 10.7. The van der Waals surface area contributed by atoms with Crippen molar-refractivity contribution in [1.29, 1.82) is 0 Å². The number of amides is 1. The molecule has 20 heavy (non-hydrogen) atoms. The van der Waals surface area contributed by atoms with E-state index in [-0.39, 0.29) is 23.6 Å². The fraction of sp³-hybridized carbons (Fsp3) is 0.500. The molecule has 110 valence electrons. The van der Waals surface area contributed by atoms with Crippen LogP contribution in [-0.4, -0.2) is 17.6 Å². The van der Waals surface area contributed by atoms with Gasteiger partial charge in [-0.25, -0.2) is 4.79 Å². The number of rotatable bonds is 5. The van der Waals surface area contributed by atoms with Crippen molar-refractivity contribution in [2.45, 2.75) is 33.1 Å². The molecule has 0 bridgehead atoms. The molecule has 6 heteroatoms. The first-order valence-corrected chi connectivity index (χ1v) is 6.38. The number of nitro benzene ring substituents is 1. The first-order chi connectivity index (χ1) is 9.21. The van der Waals surface area contributed by atoms with E-state index in [1.165, 1.54) is 12.1 Å². The first kappa shape index (κ1) is 15.9. The van der Waals surface area contributed by atoms with Crippen LogP contribution in [0, 0.1) is 15.5 Å². The van der Waals surface area contributed by atoms with Crippen molar-refractivity contribution < 1.29 is 14.5 Å². The van der Waals surface area contributed by atoms with Gasteiger partial charge in [0, 0.05) is 12.1 Å². The zero-order valence-electron chi connectivity index (χ0n) is 12.0. The maximum absolute atomic E-state index is 10.7. The van der Waals surface area contributed by atoms with Crippen LogP contribution < -0.4 is 5.73 Å². The van der Waals surface area contributed by atoms with E-state index in [4.69, 9.17) is 10.5 Å². The Labute approximate surface area is 118 Å². The van der Waals surface area contributed by atoms with Gasteiger partial charge in [-0.05, 0) is 23.3 Å². The molecule has 1 aromatic rings. The molecular weight excluding hydrogens is 260 g/mol. The summed E-state index contributed by atoms with van der Waals surface area (Å²) in [6.45, 7) is 6.45. The van der Waals surface area contributed by atoms with E-state index in [2.05, 4.69) is 20.8 Å². The summed E-state index contributed by atoms with van der Waals surface area (Å²) in [4.78, 5) is 20.8. The number of ether oxygens (including phenoxy) is 1. The van der Waals surface area contributed by atoms with E-state index in [9.17, 15) is 14.9 Å². The van der Waals surface area contributed by atoms with Crippen LogP contribution in [-0.2, 0) is 4.74 Å². The average Bonchev–Trinajstić information content (AvgIpc) is 2.33. The Morgan fingerprint density at radius 1 is 1.35 bits per heavy atom. The molecule has 2 N–H and O–H groups in total. The summed E-state index contributed by atoms with van der Waals surface area (Å²) in [5, 5.41) is 10.7. The summed E-state index contributed by atoms with van der Waals surface area (Å²) >= 11 is 0. The van der Waals surface area contributed by atoms with E-state index in [0.717, 1.165) is 5.56 Å². The monoisotopic (exact) mass is 280 g/mol. The molecule has 0 saturated carbocycles. The minimum atomic E-state index is -0.790. The van der Waals surface area contributed by atoms with Gasteiger partial charge in [-0.15, -0.1) is 0 Å². The van der Waals surface area contributed by atoms with Crippen LogP contribution in [0.4, 0.5) is 10.5 Å². The lowest BCUT2D eigenvalue weighted by Gasteiger charge is -2.31. The van der Waals surface area contributed by atoms with Crippen LogP contribution in [0.3, 0.4) is 0 Å². The van der Waals surface area contributed by atoms with Crippen LogP contribution in [0.2, 0.25) is 0 Å². The smallest absolute Gasteiger partial charge is 0.404 e. The van der Waals surface area contributed by atoms with Crippen molar-refractivity contribution >= 4 is 11.8 Å². The normalized spacial score (nSPS) is 12.8.